The highest BCUT2D eigenvalue weighted by atomic mass is 16.2. The van der Waals surface area contributed by atoms with Crippen LogP contribution in [0.1, 0.15) is 54.4 Å². The Morgan fingerprint density at radius 3 is 2.70 bits per heavy atom. The van der Waals surface area contributed by atoms with Crippen molar-refractivity contribution in [1.82, 2.24) is 10.6 Å². The highest BCUT2D eigenvalue weighted by Crippen LogP contribution is 2.28. The topological polar surface area (TPSA) is 58.2 Å². The molecule has 1 aliphatic carbocycles. The van der Waals surface area contributed by atoms with E-state index in [1.165, 1.54) is 25.7 Å². The Hall–Kier alpha value is -2.28. The Bertz CT molecular complexity index is 607. The molecule has 122 valence electrons. The summed E-state index contributed by atoms with van der Waals surface area (Å²) in [4.78, 5) is 23.5. The van der Waals surface area contributed by atoms with Gasteiger partial charge in [0.05, 0.1) is 12.1 Å². The van der Waals surface area contributed by atoms with Crippen molar-refractivity contribution in [2.24, 2.45) is 5.92 Å². The number of benzene rings is 1. The van der Waals surface area contributed by atoms with Crippen LogP contribution in [0.4, 0.5) is 0 Å². The lowest BCUT2D eigenvalue weighted by Gasteiger charge is -2.07. The second kappa shape index (κ2) is 8.99. The van der Waals surface area contributed by atoms with E-state index in [2.05, 4.69) is 22.5 Å². The summed E-state index contributed by atoms with van der Waals surface area (Å²) < 4.78 is 0. The van der Waals surface area contributed by atoms with Crippen molar-refractivity contribution in [3.05, 3.63) is 35.4 Å². The maximum absolute atomic E-state index is 11.8. The highest BCUT2D eigenvalue weighted by molar-refractivity contribution is 5.96. The number of nitrogens with one attached hydrogen (secondary N) is 2. The number of amides is 2. The fraction of sp³-hybridized carbons (Fsp3) is 0.474. The summed E-state index contributed by atoms with van der Waals surface area (Å²) in [5.74, 6) is 6.51. The fourth-order valence-electron chi connectivity index (χ4n) is 2.93. The molecule has 2 amide bonds. The molecule has 4 heteroatoms. The number of hydrogen-bond acceptors (Lipinski definition) is 2. The molecule has 0 aromatic heterocycles. The first-order chi connectivity index (χ1) is 11.2. The maximum Gasteiger partial charge on any atom is 0.252 e. The molecule has 1 aliphatic rings. The first kappa shape index (κ1) is 17.1. The molecule has 4 nitrogen and oxygen atoms in total. The van der Waals surface area contributed by atoms with Gasteiger partial charge in [0.2, 0.25) is 5.91 Å². The summed E-state index contributed by atoms with van der Waals surface area (Å²) in [7, 11) is 1.59. The third kappa shape index (κ3) is 5.45. The molecule has 0 bridgehead atoms. The van der Waals surface area contributed by atoms with E-state index in [0.29, 0.717) is 24.1 Å². The van der Waals surface area contributed by atoms with Gasteiger partial charge in [-0.25, -0.2) is 0 Å². The second-order valence-corrected chi connectivity index (χ2v) is 5.89. The Morgan fingerprint density at radius 2 is 1.96 bits per heavy atom. The lowest BCUT2D eigenvalue weighted by Crippen LogP contribution is -2.23. The molecule has 1 aromatic carbocycles. The van der Waals surface area contributed by atoms with Crippen molar-refractivity contribution in [1.29, 1.82) is 0 Å². The van der Waals surface area contributed by atoms with Crippen LogP contribution < -0.4 is 10.6 Å². The van der Waals surface area contributed by atoms with Crippen LogP contribution >= 0.6 is 0 Å². The number of rotatable bonds is 5. The van der Waals surface area contributed by atoms with Gasteiger partial charge >= 0.3 is 0 Å². The molecule has 0 radical (unpaired) electrons. The van der Waals surface area contributed by atoms with Gasteiger partial charge in [-0.05, 0) is 24.5 Å². The van der Waals surface area contributed by atoms with Crippen molar-refractivity contribution in [2.75, 3.05) is 13.6 Å². The van der Waals surface area contributed by atoms with Crippen LogP contribution in [0.3, 0.4) is 0 Å². The van der Waals surface area contributed by atoms with Gasteiger partial charge in [-0.15, -0.1) is 0 Å². The minimum Gasteiger partial charge on any atom is -0.355 e. The van der Waals surface area contributed by atoms with Crippen LogP contribution in [-0.2, 0) is 4.79 Å². The van der Waals surface area contributed by atoms with Gasteiger partial charge in [-0.1, -0.05) is 49.7 Å². The zero-order valence-electron chi connectivity index (χ0n) is 13.7. The maximum atomic E-state index is 11.8. The van der Waals surface area contributed by atoms with E-state index in [-0.39, 0.29) is 11.8 Å². The average Bonchev–Trinajstić information content (AvgIpc) is 3.10. The lowest BCUT2D eigenvalue weighted by atomic mass is 10.0. The smallest absolute Gasteiger partial charge is 0.252 e. The molecular formula is C19H24N2O2. The number of carbonyl (C=O) groups is 2. The SMILES string of the molecule is CNC(=O)c1ccccc1C#CCNC(=O)CCC1CCCC1. The van der Waals surface area contributed by atoms with E-state index in [9.17, 15) is 9.59 Å². The van der Waals surface area contributed by atoms with Gasteiger partial charge in [0, 0.05) is 19.0 Å². The minimum absolute atomic E-state index is 0.0609. The fourth-order valence-corrected chi connectivity index (χ4v) is 2.93. The first-order valence-corrected chi connectivity index (χ1v) is 8.27. The molecular weight excluding hydrogens is 288 g/mol. The predicted octanol–water partition coefficient (Wildman–Crippen LogP) is 2.48. The van der Waals surface area contributed by atoms with Crippen molar-refractivity contribution in [3.63, 3.8) is 0 Å². The Labute approximate surface area is 138 Å². The van der Waals surface area contributed by atoms with Crippen LogP contribution in [0, 0.1) is 17.8 Å². The van der Waals surface area contributed by atoms with Gasteiger partial charge in [0.25, 0.3) is 5.91 Å². The minimum atomic E-state index is -0.157. The molecule has 1 saturated carbocycles. The van der Waals surface area contributed by atoms with E-state index in [1.54, 1.807) is 25.2 Å². The van der Waals surface area contributed by atoms with Gasteiger partial charge in [-0.3, -0.25) is 9.59 Å². The zero-order valence-corrected chi connectivity index (χ0v) is 13.7. The van der Waals surface area contributed by atoms with Crippen LogP contribution in [-0.4, -0.2) is 25.4 Å². The average molecular weight is 312 g/mol. The normalized spacial score (nSPS) is 14.0. The summed E-state index contributed by atoms with van der Waals surface area (Å²) in [6, 6.07) is 7.19. The Morgan fingerprint density at radius 1 is 1.22 bits per heavy atom. The van der Waals surface area contributed by atoms with E-state index < -0.39 is 0 Å². The molecule has 23 heavy (non-hydrogen) atoms. The van der Waals surface area contributed by atoms with E-state index >= 15 is 0 Å². The zero-order chi connectivity index (χ0) is 16.5. The molecule has 0 spiro atoms. The first-order valence-electron chi connectivity index (χ1n) is 8.27. The van der Waals surface area contributed by atoms with Gasteiger partial charge in [0.15, 0.2) is 0 Å². The largest absolute Gasteiger partial charge is 0.355 e. The number of carbonyl (C=O) groups excluding carboxylic acids is 2. The quantitative estimate of drug-likeness (QED) is 0.821. The molecule has 2 N–H and O–H groups in total. The molecule has 1 fully saturated rings. The summed E-state index contributed by atoms with van der Waals surface area (Å²) in [5.41, 5.74) is 1.22. The predicted molar refractivity (Wildman–Crippen MR) is 90.9 cm³/mol. The molecule has 0 heterocycles. The number of hydrogen-bond donors (Lipinski definition) is 2. The van der Waals surface area contributed by atoms with Gasteiger partial charge < -0.3 is 10.6 Å². The van der Waals surface area contributed by atoms with E-state index in [1.807, 2.05) is 6.07 Å². The Balaban J connectivity index is 1.79. The lowest BCUT2D eigenvalue weighted by molar-refractivity contribution is -0.121. The summed E-state index contributed by atoms with van der Waals surface area (Å²) in [5, 5.41) is 5.42. The van der Waals surface area contributed by atoms with Crippen molar-refractivity contribution in [2.45, 2.75) is 38.5 Å². The molecule has 1 aromatic rings. The molecule has 0 aliphatic heterocycles. The third-order valence-electron chi connectivity index (χ3n) is 4.25. The standard InChI is InChI=1S/C19H24N2O2/c1-20-19(23)17-11-5-4-9-16(17)10-6-14-21-18(22)13-12-15-7-2-3-8-15/h4-5,9,11,15H,2-3,7-8,12-14H2,1H3,(H,20,23)(H,21,22). The van der Waals surface area contributed by atoms with E-state index in [0.717, 1.165) is 12.3 Å². The van der Waals surface area contributed by atoms with Crippen molar-refractivity contribution >= 4 is 11.8 Å². The van der Waals surface area contributed by atoms with Crippen LogP contribution in [0.25, 0.3) is 0 Å². The Kier molecular flexibility index (Phi) is 6.68. The monoisotopic (exact) mass is 312 g/mol. The summed E-state index contributed by atoms with van der Waals surface area (Å²) >= 11 is 0. The second-order valence-electron chi connectivity index (χ2n) is 5.89. The van der Waals surface area contributed by atoms with Crippen LogP contribution in [0.2, 0.25) is 0 Å². The van der Waals surface area contributed by atoms with Crippen molar-refractivity contribution in [3.8, 4) is 11.8 Å². The summed E-state index contributed by atoms with van der Waals surface area (Å²) in [6.45, 7) is 0.311. The van der Waals surface area contributed by atoms with Crippen LogP contribution in [0.15, 0.2) is 24.3 Å². The van der Waals surface area contributed by atoms with Gasteiger partial charge in [-0.2, -0.15) is 0 Å². The molecule has 0 unspecified atom stereocenters. The molecule has 0 saturated heterocycles. The highest BCUT2D eigenvalue weighted by Gasteiger charge is 2.15. The molecule has 2 rings (SSSR count). The van der Waals surface area contributed by atoms with Crippen molar-refractivity contribution < 1.29 is 9.59 Å². The summed E-state index contributed by atoms with van der Waals surface area (Å²) in [6.07, 6.45) is 6.72. The van der Waals surface area contributed by atoms with Crippen LogP contribution in [0.5, 0.6) is 0 Å². The third-order valence-corrected chi connectivity index (χ3v) is 4.25. The van der Waals surface area contributed by atoms with Gasteiger partial charge in [0.1, 0.15) is 0 Å². The molecule has 0 atom stereocenters. The van der Waals surface area contributed by atoms with E-state index in [4.69, 9.17) is 0 Å².